The van der Waals surface area contributed by atoms with Gasteiger partial charge in [0.25, 0.3) is 0 Å². The Bertz CT molecular complexity index is 799. The maximum Gasteiger partial charge on any atom is 0.338 e. The van der Waals surface area contributed by atoms with Crippen LogP contribution in [0.15, 0.2) is 35.5 Å². The molecule has 0 saturated carbocycles. The van der Waals surface area contributed by atoms with Crippen molar-refractivity contribution in [2.45, 2.75) is 33.7 Å². The van der Waals surface area contributed by atoms with E-state index in [-0.39, 0.29) is 12.0 Å². The Balaban J connectivity index is 2.03. The summed E-state index contributed by atoms with van der Waals surface area (Å²) in [7, 11) is 0. The molecule has 7 nitrogen and oxygen atoms in total. The molecule has 2 amide bonds. The van der Waals surface area contributed by atoms with Crippen LogP contribution < -0.4 is 5.32 Å². The quantitative estimate of drug-likeness (QED) is 0.695. The molecule has 2 heterocycles. The number of benzene rings is 1. The van der Waals surface area contributed by atoms with E-state index in [4.69, 9.17) is 4.74 Å². The number of ether oxygens (including phenoxy) is 1. The highest BCUT2D eigenvalue weighted by Crippen LogP contribution is 2.33. The van der Waals surface area contributed by atoms with E-state index in [2.05, 4.69) is 22.0 Å². The number of nitrogens with one attached hydrogen (secondary N) is 1. The van der Waals surface area contributed by atoms with Gasteiger partial charge >= 0.3 is 12.0 Å². The second kappa shape index (κ2) is 10.1. The number of hydrogen-bond acceptors (Lipinski definition) is 5. The third-order valence-electron chi connectivity index (χ3n) is 6.03. The van der Waals surface area contributed by atoms with E-state index in [1.807, 2.05) is 45.0 Å². The first-order chi connectivity index (χ1) is 14.5. The monoisotopic (exact) mass is 414 g/mol. The van der Waals surface area contributed by atoms with E-state index in [0.717, 1.165) is 49.5 Å². The van der Waals surface area contributed by atoms with Crippen molar-refractivity contribution in [3.63, 3.8) is 0 Å². The smallest absolute Gasteiger partial charge is 0.338 e. The minimum Gasteiger partial charge on any atom is -0.463 e. The fourth-order valence-corrected chi connectivity index (χ4v) is 4.28. The van der Waals surface area contributed by atoms with Gasteiger partial charge in [0.1, 0.15) is 0 Å². The van der Waals surface area contributed by atoms with E-state index >= 15 is 0 Å². The summed E-state index contributed by atoms with van der Waals surface area (Å²) < 4.78 is 5.45. The van der Waals surface area contributed by atoms with Gasteiger partial charge in [-0.15, -0.1) is 0 Å². The molecule has 7 heteroatoms. The van der Waals surface area contributed by atoms with Crippen LogP contribution in [0.3, 0.4) is 0 Å². The lowest BCUT2D eigenvalue weighted by atomic mass is 9.91. The van der Waals surface area contributed by atoms with Crippen molar-refractivity contribution in [1.82, 2.24) is 20.0 Å². The minimum atomic E-state index is -0.507. The normalized spacial score (nSPS) is 21.0. The zero-order valence-corrected chi connectivity index (χ0v) is 18.6. The molecule has 164 valence electrons. The Morgan fingerprint density at radius 1 is 1.07 bits per heavy atom. The zero-order valence-electron chi connectivity index (χ0n) is 18.6. The lowest BCUT2D eigenvalue weighted by Crippen LogP contribution is -2.53. The SMILES string of the molecule is CCOC(=O)C1=C(CN2CCN(CC)CC2)N(CC)C(=O)NC1c1ccccc1C. The van der Waals surface area contributed by atoms with E-state index < -0.39 is 6.04 Å². The second-order valence-corrected chi connectivity index (χ2v) is 7.77. The van der Waals surface area contributed by atoms with Crippen LogP contribution in [0.4, 0.5) is 4.79 Å². The molecule has 1 fully saturated rings. The van der Waals surface area contributed by atoms with Gasteiger partial charge in [-0.25, -0.2) is 9.59 Å². The van der Waals surface area contributed by atoms with E-state index in [9.17, 15) is 9.59 Å². The summed E-state index contributed by atoms with van der Waals surface area (Å²) in [6.07, 6.45) is 0. The highest BCUT2D eigenvalue weighted by Gasteiger charge is 2.38. The Morgan fingerprint density at radius 2 is 1.73 bits per heavy atom. The van der Waals surface area contributed by atoms with E-state index in [0.29, 0.717) is 25.3 Å². The summed E-state index contributed by atoms with van der Waals surface area (Å²) in [6, 6.07) is 7.20. The number of hydrogen-bond donors (Lipinski definition) is 1. The predicted octanol–water partition coefficient (Wildman–Crippen LogP) is 2.54. The van der Waals surface area contributed by atoms with Crippen molar-refractivity contribution in [2.75, 3.05) is 52.4 Å². The highest BCUT2D eigenvalue weighted by molar-refractivity contribution is 5.95. The molecule has 0 radical (unpaired) electrons. The van der Waals surface area contributed by atoms with Gasteiger partial charge in [0.05, 0.1) is 18.2 Å². The fourth-order valence-electron chi connectivity index (χ4n) is 4.28. The average molecular weight is 415 g/mol. The van der Waals surface area contributed by atoms with Crippen molar-refractivity contribution in [2.24, 2.45) is 0 Å². The summed E-state index contributed by atoms with van der Waals surface area (Å²) >= 11 is 0. The maximum atomic E-state index is 13.1. The first-order valence-electron chi connectivity index (χ1n) is 11.0. The average Bonchev–Trinajstić information content (AvgIpc) is 2.74. The molecular weight excluding hydrogens is 380 g/mol. The van der Waals surface area contributed by atoms with Gasteiger partial charge in [-0.05, 0) is 38.4 Å². The molecule has 1 N–H and O–H groups in total. The van der Waals surface area contributed by atoms with Crippen LogP contribution in [0.25, 0.3) is 0 Å². The lowest BCUT2D eigenvalue weighted by molar-refractivity contribution is -0.139. The summed E-state index contributed by atoms with van der Waals surface area (Å²) in [5, 5.41) is 3.05. The van der Waals surface area contributed by atoms with Gasteiger partial charge in [-0.3, -0.25) is 9.80 Å². The Hall–Kier alpha value is -2.38. The second-order valence-electron chi connectivity index (χ2n) is 7.77. The van der Waals surface area contributed by atoms with Crippen LogP contribution >= 0.6 is 0 Å². The molecule has 3 rings (SSSR count). The molecule has 1 atom stereocenters. The Labute approximate surface area is 179 Å². The molecule has 1 unspecified atom stereocenters. The number of carbonyl (C=O) groups is 2. The van der Waals surface area contributed by atoms with E-state index in [1.165, 1.54) is 0 Å². The third kappa shape index (κ3) is 4.68. The standard InChI is InChI=1S/C23H34N4O3/c1-5-25-12-14-26(15-13-25)16-19-20(22(28)30-7-3)21(24-23(29)27(19)6-2)18-11-9-8-10-17(18)4/h8-11,21H,5-7,12-16H2,1-4H3,(H,24,29). The number of esters is 1. The van der Waals surface area contributed by atoms with Gasteiger partial charge in [0.2, 0.25) is 0 Å². The zero-order chi connectivity index (χ0) is 21.7. The lowest BCUT2D eigenvalue weighted by Gasteiger charge is -2.40. The third-order valence-corrected chi connectivity index (χ3v) is 6.03. The van der Waals surface area contributed by atoms with Crippen LogP contribution in [0.2, 0.25) is 0 Å². The van der Waals surface area contributed by atoms with Crippen molar-refractivity contribution < 1.29 is 14.3 Å². The van der Waals surface area contributed by atoms with Crippen molar-refractivity contribution in [1.29, 1.82) is 0 Å². The molecular formula is C23H34N4O3. The molecule has 0 bridgehead atoms. The summed E-state index contributed by atoms with van der Waals surface area (Å²) in [4.78, 5) is 32.6. The summed E-state index contributed by atoms with van der Waals surface area (Å²) in [5.74, 6) is -0.355. The number of urea groups is 1. The predicted molar refractivity (Wildman–Crippen MR) is 117 cm³/mol. The topological polar surface area (TPSA) is 65.1 Å². The van der Waals surface area contributed by atoms with E-state index in [1.54, 1.807) is 4.90 Å². The van der Waals surface area contributed by atoms with Gasteiger partial charge in [0.15, 0.2) is 0 Å². The molecule has 0 aliphatic carbocycles. The van der Waals surface area contributed by atoms with Gasteiger partial charge in [-0.2, -0.15) is 0 Å². The minimum absolute atomic E-state index is 0.166. The molecule has 2 aliphatic rings. The molecule has 30 heavy (non-hydrogen) atoms. The summed E-state index contributed by atoms with van der Waals surface area (Å²) in [6.45, 7) is 14.2. The Kier molecular flexibility index (Phi) is 7.50. The molecule has 2 aliphatic heterocycles. The molecule has 1 saturated heterocycles. The summed E-state index contributed by atoms with van der Waals surface area (Å²) in [5.41, 5.74) is 3.27. The molecule has 1 aromatic rings. The van der Waals surface area contributed by atoms with Crippen LogP contribution in [-0.2, 0) is 9.53 Å². The van der Waals surface area contributed by atoms with Crippen molar-refractivity contribution in [3.05, 3.63) is 46.7 Å². The number of likely N-dealkylation sites (N-methyl/N-ethyl adjacent to an activating group) is 2. The molecule has 0 spiro atoms. The molecule has 0 aromatic heterocycles. The maximum absolute atomic E-state index is 13.1. The van der Waals surface area contributed by atoms with Gasteiger partial charge < -0.3 is 15.0 Å². The van der Waals surface area contributed by atoms with Gasteiger partial charge in [0, 0.05) is 45.0 Å². The van der Waals surface area contributed by atoms with Gasteiger partial charge in [-0.1, -0.05) is 31.2 Å². The molecule has 1 aromatic carbocycles. The fraction of sp³-hybridized carbons (Fsp3) is 0.565. The van der Waals surface area contributed by atoms with Crippen LogP contribution in [0.5, 0.6) is 0 Å². The highest BCUT2D eigenvalue weighted by atomic mass is 16.5. The number of aryl methyl sites for hydroxylation is 1. The van der Waals surface area contributed by atoms with Crippen molar-refractivity contribution in [3.8, 4) is 0 Å². The van der Waals surface area contributed by atoms with Crippen LogP contribution in [-0.4, -0.2) is 79.1 Å². The Morgan fingerprint density at radius 3 is 2.33 bits per heavy atom. The van der Waals surface area contributed by atoms with Crippen LogP contribution in [0, 0.1) is 6.92 Å². The number of nitrogens with zero attached hydrogens (tertiary/aromatic N) is 3. The first-order valence-corrected chi connectivity index (χ1v) is 11.0. The van der Waals surface area contributed by atoms with Crippen molar-refractivity contribution >= 4 is 12.0 Å². The number of carbonyl (C=O) groups excluding carboxylic acids is 2. The number of piperazine rings is 1. The number of amides is 2. The largest absolute Gasteiger partial charge is 0.463 e. The number of rotatable bonds is 7. The first kappa shape index (κ1) is 22.3. The van der Waals surface area contributed by atoms with Crippen LogP contribution in [0.1, 0.15) is 37.9 Å².